The lowest BCUT2D eigenvalue weighted by Gasteiger charge is -2.34. The Bertz CT molecular complexity index is 2270. The third-order valence-corrected chi connectivity index (χ3v) is 14.2. The quantitative estimate of drug-likeness (QED) is 0.0181. The number of hydrazine groups is 1. The van der Waals surface area contributed by atoms with Crippen LogP contribution in [0.4, 0.5) is 0 Å². The number of rotatable bonds is 26. The Labute approximate surface area is 422 Å². The average molecular weight is 962 g/mol. The van der Waals surface area contributed by atoms with Crippen molar-refractivity contribution in [3.05, 3.63) is 120 Å². The van der Waals surface area contributed by atoms with Crippen molar-refractivity contribution in [3.8, 4) is 22.5 Å². The van der Waals surface area contributed by atoms with Crippen molar-refractivity contribution in [1.29, 1.82) is 0 Å². The highest BCUT2D eigenvalue weighted by molar-refractivity contribution is 7.10. The van der Waals surface area contributed by atoms with Gasteiger partial charge in [-0.1, -0.05) is 97.4 Å². The topological polar surface area (TPSA) is 125 Å². The number of nitrogens with one attached hydrogen (secondary N) is 3. The fourth-order valence-corrected chi connectivity index (χ4v) is 10.2. The minimum atomic E-state index is -0.193. The van der Waals surface area contributed by atoms with Crippen molar-refractivity contribution in [1.82, 2.24) is 40.4 Å². The van der Waals surface area contributed by atoms with E-state index in [2.05, 4.69) is 148 Å². The van der Waals surface area contributed by atoms with E-state index in [0.29, 0.717) is 5.92 Å². The standard InChI is InChI=1S/C46H68N8S.C9H18N2.C3H6/c1-13-53(12)44(31(5)6)34(9)51-39(32(7)18-15-16-25-50-48)27-42-52-40(29-55-42)35-20-21-41-37(26-35)38(28-46(10,11)23-22-30(3)4)45(54(41)14-2)36-19-17-24-49-43(36)33(8)47;1-8-4-5-11(7-8)9(2)6-10-3;1-2-3-1/h13,17,19-21,24,26,29,31,33,39,44,50-51H,1,3,7,9,14-16,18,22-23,25,27-28,47-48H2,2,4-6,8,10-12H3;8,10H,2,4-7H2,1,3H3;1-3H2/t;8-;/m.0./s1. The smallest absolute Gasteiger partial charge is 0.0956 e. The minimum absolute atomic E-state index is 0.00734. The predicted molar refractivity (Wildman–Crippen MR) is 300 cm³/mol. The number of benzene rings is 1. The van der Waals surface area contributed by atoms with Gasteiger partial charge in [0.05, 0.1) is 34.2 Å². The molecule has 1 aliphatic heterocycles. The Morgan fingerprint density at radius 2 is 1.80 bits per heavy atom. The molecule has 4 aromatic rings. The molecule has 2 fully saturated rings. The third-order valence-electron chi connectivity index (χ3n) is 13.4. The van der Waals surface area contributed by atoms with Gasteiger partial charge in [-0.05, 0) is 126 Å². The molecule has 7 N–H and O–H groups in total. The Morgan fingerprint density at radius 3 is 2.38 bits per heavy atom. The van der Waals surface area contributed by atoms with Crippen LogP contribution in [0, 0.1) is 17.3 Å². The average Bonchev–Trinajstić information content (AvgIpc) is 3.93. The van der Waals surface area contributed by atoms with Crippen LogP contribution in [0.15, 0.2) is 104 Å². The summed E-state index contributed by atoms with van der Waals surface area (Å²) < 4.78 is 2.45. The van der Waals surface area contributed by atoms with E-state index in [0.717, 1.165) is 109 Å². The molecule has 1 saturated carbocycles. The molecular formula is C58H92N10S. The van der Waals surface area contributed by atoms with Gasteiger partial charge < -0.3 is 30.7 Å². The van der Waals surface area contributed by atoms with Gasteiger partial charge in [0.1, 0.15) is 0 Å². The number of pyridine rings is 1. The van der Waals surface area contributed by atoms with Crippen LogP contribution in [0.5, 0.6) is 0 Å². The molecule has 1 aromatic carbocycles. The third kappa shape index (κ3) is 17.1. The summed E-state index contributed by atoms with van der Waals surface area (Å²) in [5.41, 5.74) is 21.8. The first-order valence-electron chi connectivity index (χ1n) is 25.8. The molecule has 3 aromatic heterocycles. The van der Waals surface area contributed by atoms with Crippen LogP contribution in [-0.4, -0.2) is 76.7 Å². The van der Waals surface area contributed by atoms with Crippen LogP contribution >= 0.6 is 11.3 Å². The number of allylic oxidation sites excluding steroid dienone is 1. The van der Waals surface area contributed by atoms with Gasteiger partial charge in [-0.25, -0.2) is 4.98 Å². The molecule has 2 aliphatic rings. The zero-order chi connectivity index (χ0) is 50.8. The van der Waals surface area contributed by atoms with Gasteiger partial charge in [-0.2, -0.15) is 0 Å². The molecule has 11 heteroatoms. The van der Waals surface area contributed by atoms with Crippen molar-refractivity contribution in [2.24, 2.45) is 28.8 Å². The number of likely N-dealkylation sites (N-methyl/N-ethyl adjacent to an activating group) is 2. The highest BCUT2D eigenvalue weighted by atomic mass is 32.1. The number of likely N-dealkylation sites (tertiary alicyclic amines) is 1. The number of thiazole rings is 1. The number of aryl methyl sites for hydroxylation is 1. The maximum absolute atomic E-state index is 6.54. The van der Waals surface area contributed by atoms with Crippen molar-refractivity contribution in [2.75, 3.05) is 40.3 Å². The summed E-state index contributed by atoms with van der Waals surface area (Å²) in [6.45, 7) is 44.1. The van der Waals surface area contributed by atoms with Crippen molar-refractivity contribution in [2.45, 2.75) is 151 Å². The van der Waals surface area contributed by atoms with Gasteiger partial charge in [0, 0.05) is 97.2 Å². The number of hydrogen-bond acceptors (Lipinski definition) is 10. The molecule has 0 bridgehead atoms. The van der Waals surface area contributed by atoms with E-state index < -0.39 is 0 Å². The second-order valence-electron chi connectivity index (χ2n) is 21.0. The van der Waals surface area contributed by atoms with E-state index in [1.807, 2.05) is 32.4 Å². The van der Waals surface area contributed by atoms with Gasteiger partial charge in [0.25, 0.3) is 0 Å². The fraction of sp³-hybridized carbons (Fsp3) is 0.552. The van der Waals surface area contributed by atoms with Crippen molar-refractivity contribution >= 4 is 22.2 Å². The van der Waals surface area contributed by atoms with E-state index >= 15 is 0 Å². The molecule has 4 atom stereocenters. The van der Waals surface area contributed by atoms with Gasteiger partial charge >= 0.3 is 0 Å². The molecule has 1 saturated heterocycles. The molecule has 4 heterocycles. The zero-order valence-corrected chi connectivity index (χ0v) is 45.5. The Balaban J connectivity index is 0.000000630. The second-order valence-corrected chi connectivity index (χ2v) is 21.9. The SMILES string of the molecule is C1CC1.C=C(CNC)N1CC[C@H](C)C1.C=CN(C)C(C(=C)NC(Cc1nc(-c2ccc3c(c2)c(CC(C)(C)CCC(=C)C)c(-c2cccnc2C(C)N)n3CC)cs1)C(=C)CCCCNN)C(C)C. The van der Waals surface area contributed by atoms with E-state index in [1.54, 1.807) is 11.3 Å². The number of fused-ring (bicyclic) bond motifs is 1. The zero-order valence-electron chi connectivity index (χ0n) is 44.7. The maximum Gasteiger partial charge on any atom is 0.0956 e. The highest BCUT2D eigenvalue weighted by Crippen LogP contribution is 2.42. The number of nitrogens with two attached hydrogens (primary N) is 2. The van der Waals surface area contributed by atoms with Crippen LogP contribution in [0.25, 0.3) is 33.4 Å². The number of unbranched alkanes of at least 4 members (excludes halogenated alkanes) is 1. The summed E-state index contributed by atoms with van der Waals surface area (Å²) in [5.74, 6) is 6.75. The summed E-state index contributed by atoms with van der Waals surface area (Å²) in [4.78, 5) is 14.6. The molecule has 1 aliphatic carbocycles. The lowest BCUT2D eigenvalue weighted by atomic mass is 9.79. The molecule has 0 amide bonds. The first kappa shape index (κ1) is 57.1. The summed E-state index contributed by atoms with van der Waals surface area (Å²) >= 11 is 1.71. The molecule has 10 nitrogen and oxygen atoms in total. The van der Waals surface area contributed by atoms with Crippen LogP contribution in [0.1, 0.15) is 135 Å². The summed E-state index contributed by atoms with van der Waals surface area (Å²) in [5, 5.41) is 11.4. The Hall–Kier alpha value is -4.52. The summed E-state index contributed by atoms with van der Waals surface area (Å²) in [6, 6.07) is 11.0. The number of nitrogens with zero attached hydrogens (tertiary/aromatic N) is 5. The van der Waals surface area contributed by atoms with Crippen LogP contribution < -0.4 is 27.6 Å². The summed E-state index contributed by atoms with van der Waals surface area (Å²) in [7, 11) is 4.02. The van der Waals surface area contributed by atoms with Crippen LogP contribution in [-0.2, 0) is 19.4 Å². The van der Waals surface area contributed by atoms with Crippen molar-refractivity contribution in [3.63, 3.8) is 0 Å². The molecule has 3 unspecified atom stereocenters. The molecule has 6 rings (SSSR count). The van der Waals surface area contributed by atoms with Gasteiger partial charge in [-0.3, -0.25) is 16.3 Å². The van der Waals surface area contributed by atoms with Crippen LogP contribution in [0.2, 0.25) is 0 Å². The van der Waals surface area contributed by atoms with E-state index in [-0.39, 0.29) is 23.5 Å². The minimum Gasteiger partial charge on any atom is -0.380 e. The summed E-state index contributed by atoms with van der Waals surface area (Å²) in [6.07, 6.45) is 16.1. The molecule has 0 spiro atoms. The second kappa shape index (κ2) is 27.8. The van der Waals surface area contributed by atoms with E-state index in [9.17, 15) is 0 Å². The lowest BCUT2D eigenvalue weighted by Crippen LogP contribution is -2.43. The number of aromatic nitrogens is 3. The lowest BCUT2D eigenvalue weighted by molar-refractivity contribution is 0.283. The van der Waals surface area contributed by atoms with Crippen LogP contribution in [0.3, 0.4) is 0 Å². The van der Waals surface area contributed by atoms with Gasteiger partial charge in [0.2, 0.25) is 0 Å². The highest BCUT2D eigenvalue weighted by Gasteiger charge is 2.29. The molecule has 69 heavy (non-hydrogen) atoms. The molecular weight excluding hydrogens is 869 g/mol. The fourth-order valence-electron chi connectivity index (χ4n) is 9.34. The Kier molecular flexibility index (Phi) is 23.0. The number of hydrogen-bond donors (Lipinski definition) is 5. The predicted octanol–water partition coefficient (Wildman–Crippen LogP) is 12.3. The normalized spacial score (nSPS) is 15.7. The van der Waals surface area contributed by atoms with E-state index in [1.165, 1.54) is 72.2 Å². The van der Waals surface area contributed by atoms with Crippen molar-refractivity contribution < 1.29 is 0 Å². The van der Waals surface area contributed by atoms with Gasteiger partial charge in [-0.15, -0.1) is 17.9 Å². The maximum atomic E-state index is 6.54. The Morgan fingerprint density at radius 1 is 1.07 bits per heavy atom. The van der Waals surface area contributed by atoms with Gasteiger partial charge in [0.15, 0.2) is 0 Å². The first-order valence-corrected chi connectivity index (χ1v) is 26.7. The largest absolute Gasteiger partial charge is 0.380 e. The van der Waals surface area contributed by atoms with E-state index in [4.69, 9.17) is 21.5 Å². The molecule has 0 radical (unpaired) electrons. The molecule has 380 valence electrons. The monoisotopic (exact) mass is 961 g/mol. The first-order chi connectivity index (χ1) is 32.9.